The average Bonchev–Trinajstić information content (AvgIpc) is 3.26. The summed E-state index contributed by atoms with van der Waals surface area (Å²) in [5.41, 5.74) is 2.65. The van der Waals surface area contributed by atoms with Gasteiger partial charge < -0.3 is 10.0 Å². The van der Waals surface area contributed by atoms with E-state index in [1.807, 2.05) is 84.9 Å². The van der Waals surface area contributed by atoms with Gasteiger partial charge in [0.2, 0.25) is 0 Å². The number of benzene rings is 3. The second kappa shape index (κ2) is 8.59. The zero-order valence-corrected chi connectivity index (χ0v) is 16.4. The predicted molar refractivity (Wildman–Crippen MR) is 120 cm³/mol. The minimum Gasteiger partial charge on any atom is -0.507 e. The van der Waals surface area contributed by atoms with Gasteiger partial charge in [-0.25, -0.2) is 0 Å². The van der Waals surface area contributed by atoms with Crippen LogP contribution in [0.3, 0.4) is 0 Å². The molecule has 0 spiro atoms. The Balaban J connectivity index is 1.66. The predicted octanol–water partition coefficient (Wildman–Crippen LogP) is 7.00. The monoisotopic (exact) mass is 397 g/mol. The first-order chi connectivity index (χ1) is 14.2. The van der Waals surface area contributed by atoms with Crippen molar-refractivity contribution in [1.82, 2.24) is 0 Å². The number of thiophene rings is 1. The molecule has 3 nitrogen and oxygen atoms in total. The Labute approximate surface area is 173 Å². The largest absolute Gasteiger partial charge is 0.507 e. The maximum absolute atomic E-state index is 12.7. The number of aliphatic hydroxyl groups excluding tert-OH is 1. The summed E-state index contributed by atoms with van der Waals surface area (Å²) in [5.74, 6) is -0.253. The third-order valence-electron chi connectivity index (χ3n) is 4.42. The summed E-state index contributed by atoms with van der Waals surface area (Å²) in [7, 11) is 0. The lowest BCUT2D eigenvalue weighted by atomic mass is 10.1. The average molecular weight is 397 g/mol. The summed E-state index contributed by atoms with van der Waals surface area (Å²) in [5, 5.41) is 11.2. The highest BCUT2D eigenvalue weighted by Gasteiger charge is 2.16. The molecule has 0 amide bonds. The van der Waals surface area contributed by atoms with E-state index < -0.39 is 0 Å². The number of carbonyl (C=O) groups is 1. The van der Waals surface area contributed by atoms with Gasteiger partial charge in [-0.05, 0) is 36.4 Å². The van der Waals surface area contributed by atoms with Crippen LogP contribution >= 0.6 is 11.3 Å². The van der Waals surface area contributed by atoms with Gasteiger partial charge in [-0.1, -0.05) is 66.7 Å². The summed E-state index contributed by atoms with van der Waals surface area (Å²) < 4.78 is 0. The molecule has 29 heavy (non-hydrogen) atoms. The molecule has 0 radical (unpaired) electrons. The van der Waals surface area contributed by atoms with Gasteiger partial charge in [-0.3, -0.25) is 4.79 Å². The fourth-order valence-electron chi connectivity index (χ4n) is 3.03. The molecule has 0 aliphatic rings. The number of carbonyl (C=O) groups excluding carboxylic acids is 1. The second-order valence-corrected chi connectivity index (χ2v) is 7.47. The van der Waals surface area contributed by atoms with Crippen molar-refractivity contribution < 1.29 is 9.90 Å². The van der Waals surface area contributed by atoms with E-state index in [4.69, 9.17) is 0 Å². The lowest BCUT2D eigenvalue weighted by Gasteiger charge is -2.23. The van der Waals surface area contributed by atoms with Crippen molar-refractivity contribution in [3.05, 3.63) is 120 Å². The van der Waals surface area contributed by atoms with Crippen molar-refractivity contribution in [3.63, 3.8) is 0 Å². The maximum atomic E-state index is 12.7. The number of allylic oxidation sites excluding steroid dienone is 1. The van der Waals surface area contributed by atoms with Gasteiger partial charge in [0, 0.05) is 23.0 Å². The van der Waals surface area contributed by atoms with Crippen LogP contribution in [0, 0.1) is 0 Å². The summed E-state index contributed by atoms with van der Waals surface area (Å²) in [6, 6.07) is 32.9. The highest BCUT2D eigenvalue weighted by molar-refractivity contribution is 7.18. The highest BCUT2D eigenvalue weighted by Crippen LogP contribution is 2.38. The van der Waals surface area contributed by atoms with Crippen LogP contribution in [0.15, 0.2) is 109 Å². The van der Waals surface area contributed by atoms with E-state index >= 15 is 0 Å². The van der Waals surface area contributed by atoms with Crippen molar-refractivity contribution in [2.24, 2.45) is 0 Å². The minimum atomic E-state index is -0.219. The minimum absolute atomic E-state index is 0.0338. The third-order valence-corrected chi connectivity index (χ3v) is 5.51. The van der Waals surface area contributed by atoms with E-state index in [-0.39, 0.29) is 11.5 Å². The number of para-hydroxylation sites is 2. The molecule has 0 saturated heterocycles. The number of nitrogens with zero attached hydrogens (tertiary/aromatic N) is 1. The van der Waals surface area contributed by atoms with Crippen LogP contribution in [0.5, 0.6) is 0 Å². The Morgan fingerprint density at radius 3 is 1.79 bits per heavy atom. The van der Waals surface area contributed by atoms with E-state index in [0.717, 1.165) is 16.4 Å². The quantitative estimate of drug-likeness (QED) is 0.216. The van der Waals surface area contributed by atoms with Gasteiger partial charge in [0.15, 0.2) is 5.78 Å². The fourth-order valence-corrected chi connectivity index (χ4v) is 3.98. The van der Waals surface area contributed by atoms with Crippen LogP contribution in [0.1, 0.15) is 15.2 Å². The maximum Gasteiger partial charge on any atom is 0.199 e. The van der Waals surface area contributed by atoms with Crippen LogP contribution in [0.25, 0.3) is 5.76 Å². The number of rotatable bonds is 6. The Bertz CT molecular complexity index is 1080. The highest BCUT2D eigenvalue weighted by atomic mass is 32.1. The molecule has 0 aliphatic heterocycles. The number of anilines is 3. The Hall–Kier alpha value is -3.63. The van der Waals surface area contributed by atoms with Crippen LogP contribution in [-0.2, 0) is 0 Å². The van der Waals surface area contributed by atoms with Crippen LogP contribution in [0.4, 0.5) is 16.4 Å². The lowest BCUT2D eigenvalue weighted by molar-refractivity contribution is 0.105. The SMILES string of the molecule is O=C(/C=C(\O)c1ccccc1)c1ccc(N(c2ccccc2)c2ccccc2)s1. The second-order valence-electron chi connectivity index (χ2n) is 6.40. The standard InChI is InChI=1S/C25H19NO2S/c27-22(19-10-4-1-5-11-19)18-23(28)24-16-17-25(29-24)26(20-12-6-2-7-13-20)21-14-8-3-9-15-21/h1-18,27H/b22-18-. The first-order valence-corrected chi connectivity index (χ1v) is 10.0. The molecule has 0 fully saturated rings. The summed E-state index contributed by atoms with van der Waals surface area (Å²) in [6.45, 7) is 0. The lowest BCUT2D eigenvalue weighted by Crippen LogP contribution is -2.07. The molecular weight excluding hydrogens is 378 g/mol. The van der Waals surface area contributed by atoms with Gasteiger partial charge in [-0.15, -0.1) is 11.3 Å². The van der Waals surface area contributed by atoms with Gasteiger partial charge in [0.05, 0.1) is 4.88 Å². The molecule has 1 aromatic heterocycles. The van der Waals surface area contributed by atoms with Crippen LogP contribution < -0.4 is 4.90 Å². The van der Waals surface area contributed by atoms with Crippen molar-refractivity contribution in [2.45, 2.75) is 0 Å². The fraction of sp³-hybridized carbons (Fsp3) is 0. The molecule has 142 valence electrons. The third kappa shape index (κ3) is 4.28. The first-order valence-electron chi connectivity index (χ1n) is 9.23. The molecule has 4 aromatic rings. The molecule has 0 atom stereocenters. The first kappa shape index (κ1) is 18.7. The molecule has 0 aliphatic carbocycles. The molecule has 1 heterocycles. The molecular formula is C25H19NO2S. The van der Waals surface area contributed by atoms with Gasteiger partial charge in [-0.2, -0.15) is 0 Å². The van der Waals surface area contributed by atoms with E-state index in [2.05, 4.69) is 4.90 Å². The zero-order valence-electron chi connectivity index (χ0n) is 15.6. The van der Waals surface area contributed by atoms with Crippen LogP contribution in [-0.4, -0.2) is 10.9 Å². The molecule has 0 bridgehead atoms. The number of aliphatic hydroxyl groups is 1. The van der Waals surface area contributed by atoms with Crippen molar-refractivity contribution in [2.75, 3.05) is 4.90 Å². The molecule has 0 unspecified atom stereocenters. The number of hydrogen-bond donors (Lipinski definition) is 1. The summed E-state index contributed by atoms with van der Waals surface area (Å²) in [4.78, 5) is 15.4. The van der Waals surface area contributed by atoms with Crippen molar-refractivity contribution >= 4 is 39.3 Å². The van der Waals surface area contributed by atoms with E-state index in [9.17, 15) is 9.90 Å². The van der Waals surface area contributed by atoms with E-state index in [1.165, 1.54) is 17.4 Å². The smallest absolute Gasteiger partial charge is 0.199 e. The number of ketones is 1. The van der Waals surface area contributed by atoms with Crippen molar-refractivity contribution in [3.8, 4) is 0 Å². The molecule has 0 saturated carbocycles. The molecule has 4 heteroatoms. The Morgan fingerprint density at radius 2 is 1.24 bits per heavy atom. The van der Waals surface area contributed by atoms with E-state index in [0.29, 0.717) is 10.4 Å². The molecule has 1 N–H and O–H groups in total. The van der Waals surface area contributed by atoms with Gasteiger partial charge in [0.25, 0.3) is 0 Å². The Morgan fingerprint density at radius 1 is 0.724 bits per heavy atom. The molecule has 4 rings (SSSR count). The van der Waals surface area contributed by atoms with Gasteiger partial charge >= 0.3 is 0 Å². The number of hydrogen-bond acceptors (Lipinski definition) is 4. The van der Waals surface area contributed by atoms with Crippen LogP contribution in [0.2, 0.25) is 0 Å². The molecule has 3 aromatic carbocycles. The van der Waals surface area contributed by atoms with Gasteiger partial charge in [0.1, 0.15) is 10.8 Å². The van der Waals surface area contributed by atoms with E-state index in [1.54, 1.807) is 18.2 Å². The topological polar surface area (TPSA) is 40.5 Å². The summed E-state index contributed by atoms with van der Waals surface area (Å²) >= 11 is 1.40. The van der Waals surface area contributed by atoms with Crippen molar-refractivity contribution in [1.29, 1.82) is 0 Å². The summed E-state index contributed by atoms with van der Waals surface area (Å²) in [6.07, 6.45) is 1.28. The zero-order chi connectivity index (χ0) is 20.1. The Kier molecular flexibility index (Phi) is 5.54. The normalized spacial score (nSPS) is 11.2.